The van der Waals surface area contributed by atoms with E-state index in [1.54, 1.807) is 43.3 Å². The van der Waals surface area contributed by atoms with Crippen molar-refractivity contribution in [3.05, 3.63) is 75.9 Å². The number of nitrogens with one attached hydrogen (secondary N) is 2. The molecule has 2 aliphatic heterocycles. The van der Waals surface area contributed by atoms with Gasteiger partial charge >= 0.3 is 0 Å². The van der Waals surface area contributed by atoms with E-state index in [0.29, 0.717) is 17.8 Å². The van der Waals surface area contributed by atoms with Gasteiger partial charge < -0.3 is 25.7 Å². The van der Waals surface area contributed by atoms with Crippen molar-refractivity contribution in [2.45, 2.75) is 44.4 Å². The molecule has 0 spiro atoms. The lowest BCUT2D eigenvalue weighted by Crippen LogP contribution is -2.44. The van der Waals surface area contributed by atoms with Crippen LogP contribution in [0.5, 0.6) is 0 Å². The number of anilines is 2. The molecular weight excluding hydrogens is 464 g/mol. The van der Waals surface area contributed by atoms with Gasteiger partial charge in [0.2, 0.25) is 5.91 Å². The smallest absolute Gasteiger partial charge is 0.269 e. The second kappa shape index (κ2) is 10.6. The molecule has 0 radical (unpaired) electrons. The molecule has 0 bridgehead atoms. The van der Waals surface area contributed by atoms with Gasteiger partial charge in [-0.3, -0.25) is 19.7 Å². The number of carbonyl (C=O) groups is 2. The van der Waals surface area contributed by atoms with Crippen LogP contribution in [0.2, 0.25) is 0 Å². The van der Waals surface area contributed by atoms with Crippen LogP contribution in [0.3, 0.4) is 0 Å². The summed E-state index contributed by atoms with van der Waals surface area (Å²) in [4.78, 5) is 38.2. The molecular formula is C26H30N4O6. The van der Waals surface area contributed by atoms with Crippen LogP contribution < -0.4 is 15.5 Å². The summed E-state index contributed by atoms with van der Waals surface area (Å²) in [5.41, 5.74) is -0.228. The number of benzene rings is 2. The average Bonchev–Trinajstić information content (AvgIpc) is 3.48. The fraction of sp³-hybridized carbons (Fsp3) is 0.385. The SMILES string of the molecule is C[C@@H](/C=C/CCO)[C@]1(O)C(=O)N(Cc2ccc(NC(=O)[C@H]3CCCN3)cc2)c2ccc([N+](=O)[O-])cc21. The Balaban J connectivity index is 1.58. The highest BCUT2D eigenvalue weighted by Gasteiger charge is 2.53. The molecule has 4 rings (SSSR count). The summed E-state index contributed by atoms with van der Waals surface area (Å²) in [5.74, 6) is -1.35. The van der Waals surface area contributed by atoms with E-state index >= 15 is 0 Å². The molecule has 1 saturated heterocycles. The molecule has 10 nitrogen and oxygen atoms in total. The minimum Gasteiger partial charge on any atom is -0.396 e. The van der Waals surface area contributed by atoms with Gasteiger partial charge in [0.15, 0.2) is 5.60 Å². The van der Waals surface area contributed by atoms with Gasteiger partial charge in [-0.25, -0.2) is 0 Å². The maximum Gasteiger partial charge on any atom is 0.269 e. The quantitative estimate of drug-likeness (QED) is 0.238. The molecule has 2 aromatic carbocycles. The minimum atomic E-state index is -1.99. The summed E-state index contributed by atoms with van der Waals surface area (Å²) in [6, 6.07) is 10.9. The van der Waals surface area contributed by atoms with Crippen LogP contribution in [-0.2, 0) is 21.7 Å². The Labute approximate surface area is 208 Å². The maximum absolute atomic E-state index is 13.6. The Bertz CT molecular complexity index is 1180. The third kappa shape index (κ3) is 4.88. The van der Waals surface area contributed by atoms with E-state index < -0.39 is 22.3 Å². The van der Waals surface area contributed by atoms with Crippen LogP contribution in [0.15, 0.2) is 54.6 Å². The number of nitro groups is 1. The average molecular weight is 495 g/mol. The van der Waals surface area contributed by atoms with E-state index in [1.165, 1.54) is 23.1 Å². The molecule has 0 unspecified atom stereocenters. The van der Waals surface area contributed by atoms with Crippen molar-refractivity contribution in [1.29, 1.82) is 0 Å². The number of fused-ring (bicyclic) bond motifs is 1. The number of rotatable bonds is 9. The van der Waals surface area contributed by atoms with Crippen LogP contribution in [0, 0.1) is 16.0 Å². The molecule has 0 aromatic heterocycles. The fourth-order valence-corrected chi connectivity index (χ4v) is 4.73. The fourth-order valence-electron chi connectivity index (χ4n) is 4.73. The van der Waals surface area contributed by atoms with Crippen molar-refractivity contribution in [1.82, 2.24) is 5.32 Å². The zero-order valence-corrected chi connectivity index (χ0v) is 20.0. The first kappa shape index (κ1) is 25.5. The summed E-state index contributed by atoms with van der Waals surface area (Å²) in [7, 11) is 0. The summed E-state index contributed by atoms with van der Waals surface area (Å²) >= 11 is 0. The van der Waals surface area contributed by atoms with Crippen molar-refractivity contribution < 1.29 is 24.7 Å². The first-order valence-electron chi connectivity index (χ1n) is 12.0. The summed E-state index contributed by atoms with van der Waals surface area (Å²) in [5, 5.41) is 38.1. The van der Waals surface area contributed by atoms with Crippen molar-refractivity contribution >= 4 is 28.9 Å². The Hall–Kier alpha value is -3.60. The van der Waals surface area contributed by atoms with E-state index in [0.717, 1.165) is 24.9 Å². The van der Waals surface area contributed by atoms with Crippen LogP contribution >= 0.6 is 0 Å². The monoisotopic (exact) mass is 494 g/mol. The maximum atomic E-state index is 13.6. The molecule has 0 aliphatic carbocycles. The number of non-ortho nitro benzene ring substituents is 1. The number of nitrogens with zero attached hydrogens (tertiary/aromatic N) is 2. The Morgan fingerprint density at radius 2 is 2.08 bits per heavy atom. The van der Waals surface area contributed by atoms with Gasteiger partial charge in [0.1, 0.15) is 0 Å². The topological polar surface area (TPSA) is 145 Å². The van der Waals surface area contributed by atoms with Crippen molar-refractivity contribution in [2.75, 3.05) is 23.4 Å². The predicted octanol–water partition coefficient (Wildman–Crippen LogP) is 2.59. The predicted molar refractivity (Wildman–Crippen MR) is 134 cm³/mol. The summed E-state index contributed by atoms with van der Waals surface area (Å²) in [6.07, 6.45) is 5.43. The minimum absolute atomic E-state index is 0.0720. The van der Waals surface area contributed by atoms with Crippen molar-refractivity contribution in [3.8, 4) is 0 Å². The van der Waals surface area contributed by atoms with Crippen LogP contribution in [0.4, 0.5) is 17.1 Å². The molecule has 1 fully saturated rings. The lowest BCUT2D eigenvalue weighted by atomic mass is 9.82. The van der Waals surface area contributed by atoms with Crippen LogP contribution in [0.25, 0.3) is 0 Å². The van der Waals surface area contributed by atoms with Gasteiger partial charge in [0.05, 0.1) is 23.2 Å². The third-order valence-electron chi connectivity index (χ3n) is 6.78. The zero-order valence-electron chi connectivity index (χ0n) is 20.0. The molecule has 2 heterocycles. The molecule has 190 valence electrons. The highest BCUT2D eigenvalue weighted by molar-refractivity contribution is 6.07. The number of amides is 2. The van der Waals surface area contributed by atoms with Crippen molar-refractivity contribution in [3.63, 3.8) is 0 Å². The van der Waals surface area contributed by atoms with Gasteiger partial charge in [-0.15, -0.1) is 0 Å². The van der Waals surface area contributed by atoms with E-state index in [-0.39, 0.29) is 36.4 Å². The molecule has 3 atom stereocenters. The molecule has 2 aliphatic rings. The number of hydrogen-bond donors (Lipinski definition) is 4. The first-order chi connectivity index (χ1) is 17.3. The number of aliphatic hydroxyl groups is 2. The lowest BCUT2D eigenvalue weighted by Gasteiger charge is -2.27. The van der Waals surface area contributed by atoms with E-state index in [1.807, 2.05) is 0 Å². The normalized spacial score (nSPS) is 22.1. The highest BCUT2D eigenvalue weighted by Crippen LogP contribution is 2.47. The molecule has 2 aromatic rings. The van der Waals surface area contributed by atoms with Gasteiger partial charge in [-0.1, -0.05) is 31.2 Å². The first-order valence-corrected chi connectivity index (χ1v) is 12.0. The van der Waals surface area contributed by atoms with Crippen LogP contribution in [-0.4, -0.2) is 46.1 Å². The third-order valence-corrected chi connectivity index (χ3v) is 6.78. The Morgan fingerprint density at radius 3 is 2.72 bits per heavy atom. The van der Waals surface area contributed by atoms with E-state index in [2.05, 4.69) is 10.6 Å². The highest BCUT2D eigenvalue weighted by atomic mass is 16.6. The zero-order chi connectivity index (χ0) is 25.9. The lowest BCUT2D eigenvalue weighted by molar-refractivity contribution is -0.385. The largest absolute Gasteiger partial charge is 0.396 e. The van der Waals surface area contributed by atoms with Gasteiger partial charge in [0.25, 0.3) is 11.6 Å². The molecule has 2 amide bonds. The van der Waals surface area contributed by atoms with E-state index in [4.69, 9.17) is 5.11 Å². The standard InChI is InChI=1S/C26H30N4O6/c1-17(5-2-3-14-31)26(34)21-15-20(30(35)36)11-12-23(21)29(25(26)33)16-18-7-9-19(10-8-18)28-24(32)22-6-4-13-27-22/h2,5,7-12,15,17,22,27,31,34H,3-4,6,13-14,16H2,1H3,(H,28,32)/b5-2+/t17-,22+,26+/m0/s1. The number of hydrogen-bond acceptors (Lipinski definition) is 7. The molecule has 4 N–H and O–H groups in total. The number of nitro benzene ring substituents is 1. The molecule has 36 heavy (non-hydrogen) atoms. The molecule has 10 heteroatoms. The number of carbonyl (C=O) groups excluding carboxylic acids is 2. The van der Waals surface area contributed by atoms with E-state index in [9.17, 15) is 24.8 Å². The second-order valence-corrected chi connectivity index (χ2v) is 9.18. The summed E-state index contributed by atoms with van der Waals surface area (Å²) in [6.45, 7) is 2.55. The van der Waals surface area contributed by atoms with Crippen LogP contribution in [0.1, 0.15) is 37.3 Å². The Morgan fingerprint density at radius 1 is 1.33 bits per heavy atom. The second-order valence-electron chi connectivity index (χ2n) is 9.18. The van der Waals surface area contributed by atoms with Gasteiger partial charge in [0, 0.05) is 35.9 Å². The van der Waals surface area contributed by atoms with Crippen molar-refractivity contribution in [2.24, 2.45) is 5.92 Å². The van der Waals surface area contributed by atoms with Gasteiger partial charge in [-0.2, -0.15) is 0 Å². The number of aliphatic hydroxyl groups excluding tert-OH is 1. The van der Waals surface area contributed by atoms with Gasteiger partial charge in [-0.05, 0) is 49.6 Å². The Kier molecular flexibility index (Phi) is 7.48. The molecule has 0 saturated carbocycles. The summed E-state index contributed by atoms with van der Waals surface area (Å²) < 4.78 is 0.